The lowest BCUT2D eigenvalue weighted by atomic mass is 10.2. The van der Waals surface area contributed by atoms with Crippen molar-refractivity contribution in [3.8, 4) is 17.6 Å². The van der Waals surface area contributed by atoms with E-state index >= 15 is 0 Å². The summed E-state index contributed by atoms with van der Waals surface area (Å²) in [5, 5.41) is 11.3. The van der Waals surface area contributed by atoms with Gasteiger partial charge in [-0.25, -0.2) is 8.42 Å². The van der Waals surface area contributed by atoms with Gasteiger partial charge in [0.15, 0.2) is 18.1 Å². The van der Waals surface area contributed by atoms with Gasteiger partial charge >= 0.3 is 0 Å². The van der Waals surface area contributed by atoms with E-state index in [1.165, 1.54) is 29.6 Å². The molecule has 0 atom stereocenters. The summed E-state index contributed by atoms with van der Waals surface area (Å²) in [6.07, 6.45) is 4.72. The predicted octanol–water partition coefficient (Wildman–Crippen LogP) is 3.03. The van der Waals surface area contributed by atoms with E-state index in [1.54, 1.807) is 36.4 Å². The Hall–Kier alpha value is -3.35. The Morgan fingerprint density at radius 1 is 1.16 bits per heavy atom. The van der Waals surface area contributed by atoms with E-state index in [2.05, 4.69) is 5.32 Å². The Bertz CT molecular complexity index is 1100. The number of nitriles is 1. The fourth-order valence-corrected chi connectivity index (χ4v) is 4.68. The highest BCUT2D eigenvalue weighted by Crippen LogP contribution is 2.28. The van der Waals surface area contributed by atoms with Crippen molar-refractivity contribution in [2.24, 2.45) is 0 Å². The number of rotatable bonds is 8. The van der Waals surface area contributed by atoms with Gasteiger partial charge in [-0.05, 0) is 60.9 Å². The lowest BCUT2D eigenvalue weighted by molar-refractivity contribution is -0.111. The van der Waals surface area contributed by atoms with Crippen LogP contribution >= 0.6 is 0 Å². The van der Waals surface area contributed by atoms with Gasteiger partial charge in [0, 0.05) is 24.9 Å². The van der Waals surface area contributed by atoms with E-state index in [-0.39, 0.29) is 17.4 Å². The third-order valence-electron chi connectivity index (χ3n) is 4.73. The van der Waals surface area contributed by atoms with Crippen LogP contribution < -0.4 is 14.8 Å². The summed E-state index contributed by atoms with van der Waals surface area (Å²) in [6, 6.07) is 13.1. The normalized spacial score (nSPS) is 14.3. The highest BCUT2D eigenvalue weighted by molar-refractivity contribution is 7.89. The molecule has 2 aromatic carbocycles. The van der Waals surface area contributed by atoms with Crippen LogP contribution in [0.15, 0.2) is 53.4 Å². The predicted molar refractivity (Wildman–Crippen MR) is 116 cm³/mol. The maximum Gasteiger partial charge on any atom is 0.248 e. The van der Waals surface area contributed by atoms with Crippen LogP contribution in [0.1, 0.15) is 18.4 Å². The van der Waals surface area contributed by atoms with Crippen LogP contribution in [-0.2, 0) is 14.8 Å². The van der Waals surface area contributed by atoms with Gasteiger partial charge in [0.1, 0.15) is 6.07 Å². The number of nitrogens with zero attached hydrogens (tertiary/aromatic N) is 2. The van der Waals surface area contributed by atoms with E-state index in [0.29, 0.717) is 35.8 Å². The highest BCUT2D eigenvalue weighted by Gasteiger charge is 2.26. The van der Waals surface area contributed by atoms with Crippen LogP contribution in [0.2, 0.25) is 0 Å². The maximum atomic E-state index is 12.6. The highest BCUT2D eigenvalue weighted by atomic mass is 32.2. The van der Waals surface area contributed by atoms with Crippen LogP contribution in [0.25, 0.3) is 6.08 Å². The molecule has 0 spiro atoms. The molecule has 162 valence electrons. The first-order valence-corrected chi connectivity index (χ1v) is 11.1. The van der Waals surface area contributed by atoms with Crippen molar-refractivity contribution in [1.82, 2.24) is 4.31 Å². The van der Waals surface area contributed by atoms with Crippen molar-refractivity contribution in [3.63, 3.8) is 0 Å². The summed E-state index contributed by atoms with van der Waals surface area (Å²) in [4.78, 5) is 12.4. The maximum absolute atomic E-state index is 12.6. The van der Waals surface area contributed by atoms with E-state index in [9.17, 15) is 13.2 Å². The molecule has 0 aliphatic carbocycles. The van der Waals surface area contributed by atoms with E-state index in [0.717, 1.165) is 12.8 Å². The molecule has 0 unspecified atom stereocenters. The number of anilines is 1. The second-order valence-corrected chi connectivity index (χ2v) is 8.75. The summed E-state index contributed by atoms with van der Waals surface area (Å²) in [7, 11) is -1.99. The number of methoxy groups -OCH3 is 1. The second-order valence-electron chi connectivity index (χ2n) is 6.82. The number of amides is 1. The molecule has 1 heterocycles. The number of nitrogens with one attached hydrogen (secondary N) is 1. The first-order chi connectivity index (χ1) is 14.9. The number of ether oxygens (including phenoxy) is 2. The quantitative estimate of drug-likeness (QED) is 0.631. The molecule has 0 bridgehead atoms. The summed E-state index contributed by atoms with van der Waals surface area (Å²) in [5.74, 6) is 0.529. The Kier molecular flexibility index (Phi) is 7.28. The molecule has 1 aliphatic heterocycles. The van der Waals surface area contributed by atoms with Crippen molar-refractivity contribution in [3.05, 3.63) is 54.1 Å². The molecule has 2 aromatic rings. The molecule has 1 aliphatic rings. The van der Waals surface area contributed by atoms with Crippen molar-refractivity contribution < 1.29 is 22.7 Å². The minimum absolute atomic E-state index is 0.0912. The fraction of sp³-hybridized carbons (Fsp3) is 0.273. The van der Waals surface area contributed by atoms with Gasteiger partial charge < -0.3 is 14.8 Å². The lowest BCUT2D eigenvalue weighted by Crippen LogP contribution is -2.27. The number of hydrogen-bond donors (Lipinski definition) is 1. The summed E-state index contributed by atoms with van der Waals surface area (Å²) < 4.78 is 37.1. The Morgan fingerprint density at radius 2 is 1.87 bits per heavy atom. The van der Waals surface area contributed by atoms with E-state index in [1.807, 2.05) is 6.07 Å². The summed E-state index contributed by atoms with van der Waals surface area (Å²) in [5.41, 5.74) is 1.20. The van der Waals surface area contributed by atoms with Crippen LogP contribution in [0.5, 0.6) is 11.5 Å². The molecule has 1 saturated heterocycles. The third-order valence-corrected chi connectivity index (χ3v) is 6.64. The molecule has 9 heteroatoms. The number of carbonyl (C=O) groups is 1. The fourth-order valence-electron chi connectivity index (χ4n) is 3.16. The number of sulfonamides is 1. The van der Waals surface area contributed by atoms with Crippen LogP contribution in [0.4, 0.5) is 5.69 Å². The van der Waals surface area contributed by atoms with Crippen molar-refractivity contribution in [2.45, 2.75) is 17.7 Å². The zero-order valence-electron chi connectivity index (χ0n) is 17.1. The van der Waals surface area contributed by atoms with Gasteiger partial charge in [-0.15, -0.1) is 0 Å². The monoisotopic (exact) mass is 441 g/mol. The third kappa shape index (κ3) is 5.63. The average molecular weight is 442 g/mol. The topological polar surface area (TPSA) is 109 Å². The van der Waals surface area contributed by atoms with Crippen LogP contribution in [0, 0.1) is 11.3 Å². The average Bonchev–Trinajstić information content (AvgIpc) is 3.33. The van der Waals surface area contributed by atoms with Crippen LogP contribution in [0.3, 0.4) is 0 Å². The standard InChI is InChI=1S/C22H23N3O5S/c1-29-21-16-17(4-10-20(21)30-15-12-23)5-11-22(26)24-18-6-8-19(9-7-18)31(27,28)25-13-2-3-14-25/h4-11,16H,2-3,13-15H2,1H3,(H,24,26). The Labute approximate surface area is 181 Å². The zero-order chi connectivity index (χ0) is 22.3. The molecule has 1 N–H and O–H groups in total. The first kappa shape index (κ1) is 22.3. The smallest absolute Gasteiger partial charge is 0.248 e. The molecule has 1 fully saturated rings. The number of benzene rings is 2. The minimum atomic E-state index is -3.48. The Morgan fingerprint density at radius 3 is 2.52 bits per heavy atom. The molecule has 3 rings (SSSR count). The molecule has 0 aromatic heterocycles. The summed E-state index contributed by atoms with van der Waals surface area (Å²) >= 11 is 0. The van der Waals surface area contributed by atoms with Gasteiger partial charge in [-0.1, -0.05) is 6.07 Å². The molecule has 31 heavy (non-hydrogen) atoms. The first-order valence-electron chi connectivity index (χ1n) is 9.71. The molecular weight excluding hydrogens is 418 g/mol. The van der Waals surface area contributed by atoms with Gasteiger partial charge in [0.25, 0.3) is 0 Å². The number of hydrogen-bond acceptors (Lipinski definition) is 6. The minimum Gasteiger partial charge on any atom is -0.493 e. The lowest BCUT2D eigenvalue weighted by Gasteiger charge is -2.15. The molecule has 0 saturated carbocycles. The van der Waals surface area contributed by atoms with Gasteiger partial charge in [-0.2, -0.15) is 9.57 Å². The van der Waals surface area contributed by atoms with E-state index in [4.69, 9.17) is 14.7 Å². The van der Waals surface area contributed by atoms with Gasteiger partial charge in [0.2, 0.25) is 15.9 Å². The SMILES string of the molecule is COc1cc(C=CC(=O)Nc2ccc(S(=O)(=O)N3CCCC3)cc2)ccc1OCC#N. The van der Waals surface area contributed by atoms with E-state index < -0.39 is 10.0 Å². The van der Waals surface area contributed by atoms with Crippen LogP contribution in [-0.4, -0.2) is 45.4 Å². The molecule has 8 nitrogen and oxygen atoms in total. The Balaban J connectivity index is 1.63. The van der Waals surface area contributed by atoms with Gasteiger partial charge in [-0.3, -0.25) is 4.79 Å². The summed E-state index contributed by atoms with van der Waals surface area (Å²) in [6.45, 7) is 0.996. The van der Waals surface area contributed by atoms with Gasteiger partial charge in [0.05, 0.1) is 12.0 Å². The van der Waals surface area contributed by atoms with Crippen molar-refractivity contribution in [2.75, 3.05) is 32.1 Å². The molecule has 1 amide bonds. The zero-order valence-corrected chi connectivity index (χ0v) is 17.9. The van der Waals surface area contributed by atoms with Crippen molar-refractivity contribution in [1.29, 1.82) is 5.26 Å². The largest absolute Gasteiger partial charge is 0.493 e. The molecular formula is C22H23N3O5S. The second kappa shape index (κ2) is 10.1. The molecule has 0 radical (unpaired) electrons. The van der Waals surface area contributed by atoms with Crippen molar-refractivity contribution >= 4 is 27.7 Å². The number of carbonyl (C=O) groups excluding carboxylic acids is 1.